The van der Waals surface area contributed by atoms with E-state index in [4.69, 9.17) is 4.98 Å². The van der Waals surface area contributed by atoms with Crippen molar-refractivity contribution in [2.75, 3.05) is 45.7 Å². The minimum absolute atomic E-state index is 0.189. The van der Waals surface area contributed by atoms with E-state index in [9.17, 15) is 13.2 Å². The number of fused-ring (bicyclic) bond motifs is 1. The Hall–Kier alpha value is -2.33. The molecule has 0 aliphatic rings. The lowest BCUT2D eigenvalue weighted by atomic mass is 10.1. The number of anilines is 1. The SMILES string of the molecule is CCCCN(C)S(=O)(=O)c1ccc(C(=O)N(CCN(C)C)c2nc3cc(C)cc(C)c3s2)cc1. The number of aromatic nitrogens is 1. The molecule has 0 atom stereocenters. The zero-order chi connectivity index (χ0) is 25.0. The Morgan fingerprint density at radius 3 is 2.29 bits per heavy atom. The van der Waals surface area contributed by atoms with Crippen molar-refractivity contribution in [2.45, 2.75) is 38.5 Å². The fraction of sp³-hybridized carbons (Fsp3) is 0.440. The summed E-state index contributed by atoms with van der Waals surface area (Å²) in [7, 11) is 1.93. The van der Waals surface area contributed by atoms with Crippen LogP contribution in [0.15, 0.2) is 41.3 Å². The van der Waals surface area contributed by atoms with Crippen molar-refractivity contribution in [3.63, 3.8) is 0 Å². The molecule has 3 rings (SSSR count). The Morgan fingerprint density at radius 2 is 1.68 bits per heavy atom. The van der Waals surface area contributed by atoms with E-state index in [2.05, 4.69) is 13.0 Å². The van der Waals surface area contributed by atoms with Crippen molar-refractivity contribution in [3.05, 3.63) is 53.1 Å². The number of rotatable bonds is 10. The van der Waals surface area contributed by atoms with Crippen LogP contribution in [0.25, 0.3) is 10.2 Å². The highest BCUT2D eigenvalue weighted by Crippen LogP contribution is 2.33. The quantitative estimate of drug-likeness (QED) is 0.407. The van der Waals surface area contributed by atoms with Gasteiger partial charge in [-0.2, -0.15) is 0 Å². The third kappa shape index (κ3) is 5.83. The first-order valence-corrected chi connectivity index (χ1v) is 13.7. The zero-order valence-electron chi connectivity index (χ0n) is 20.8. The summed E-state index contributed by atoms with van der Waals surface area (Å²) in [6.45, 7) is 7.73. The molecule has 3 aromatic rings. The van der Waals surface area contributed by atoms with Gasteiger partial charge in [0.05, 0.1) is 15.1 Å². The predicted molar refractivity (Wildman–Crippen MR) is 140 cm³/mol. The average molecular weight is 503 g/mol. The summed E-state index contributed by atoms with van der Waals surface area (Å²) in [4.78, 5) is 22.2. The number of unbranched alkanes of at least 4 members (excludes halogenated alkanes) is 1. The molecule has 0 radical (unpaired) electrons. The molecule has 0 spiro atoms. The number of hydrogen-bond acceptors (Lipinski definition) is 6. The normalized spacial score (nSPS) is 12.1. The number of likely N-dealkylation sites (N-methyl/N-ethyl adjacent to an activating group) is 1. The third-order valence-corrected chi connectivity index (χ3v) is 8.79. The third-order valence-electron chi connectivity index (χ3n) is 5.69. The van der Waals surface area contributed by atoms with Crippen molar-refractivity contribution >= 4 is 42.6 Å². The maximum Gasteiger partial charge on any atom is 0.260 e. The van der Waals surface area contributed by atoms with Gasteiger partial charge >= 0.3 is 0 Å². The van der Waals surface area contributed by atoms with Gasteiger partial charge in [-0.25, -0.2) is 17.7 Å². The van der Waals surface area contributed by atoms with Crippen LogP contribution < -0.4 is 4.90 Å². The summed E-state index contributed by atoms with van der Waals surface area (Å²) >= 11 is 1.51. The van der Waals surface area contributed by atoms with E-state index >= 15 is 0 Å². The number of benzene rings is 2. The summed E-state index contributed by atoms with van der Waals surface area (Å²) in [5.41, 5.74) is 3.59. The van der Waals surface area contributed by atoms with E-state index in [0.29, 0.717) is 30.3 Å². The Balaban J connectivity index is 1.92. The summed E-state index contributed by atoms with van der Waals surface area (Å²) in [6, 6.07) is 10.4. The molecule has 2 aromatic carbocycles. The van der Waals surface area contributed by atoms with Crippen molar-refractivity contribution in [2.24, 2.45) is 0 Å². The van der Waals surface area contributed by atoms with Gasteiger partial charge in [-0.05, 0) is 75.8 Å². The molecular weight excluding hydrogens is 468 g/mol. The van der Waals surface area contributed by atoms with Crippen LogP contribution in [0.2, 0.25) is 0 Å². The Labute approximate surface area is 207 Å². The second-order valence-corrected chi connectivity index (χ2v) is 11.9. The van der Waals surface area contributed by atoms with Gasteiger partial charge in [0.1, 0.15) is 0 Å². The lowest BCUT2D eigenvalue weighted by molar-refractivity contribution is 0.0985. The molecule has 7 nitrogen and oxygen atoms in total. The van der Waals surface area contributed by atoms with E-state index in [1.165, 1.54) is 27.8 Å². The second-order valence-electron chi connectivity index (χ2n) is 8.89. The van der Waals surface area contributed by atoms with Gasteiger partial charge < -0.3 is 4.90 Å². The fourth-order valence-electron chi connectivity index (χ4n) is 3.67. The van der Waals surface area contributed by atoms with Crippen LogP contribution in [0.4, 0.5) is 5.13 Å². The molecule has 0 N–H and O–H groups in total. The van der Waals surface area contributed by atoms with Crippen molar-refractivity contribution in [1.82, 2.24) is 14.2 Å². The number of carbonyl (C=O) groups excluding carboxylic acids is 1. The average Bonchev–Trinajstić information content (AvgIpc) is 3.21. The van der Waals surface area contributed by atoms with Crippen LogP contribution >= 0.6 is 11.3 Å². The number of hydrogen-bond donors (Lipinski definition) is 0. The molecule has 0 unspecified atom stereocenters. The molecule has 0 saturated heterocycles. The standard InChI is InChI=1S/C25H34N4O3S2/c1-7-8-13-28(6)34(31,32)21-11-9-20(10-12-21)24(30)29(15-14-27(4)5)25-26-22-17-18(2)16-19(3)23(22)33-25/h9-12,16-17H,7-8,13-15H2,1-6H3. The van der Waals surface area contributed by atoms with Gasteiger partial charge in [0.25, 0.3) is 5.91 Å². The minimum Gasteiger partial charge on any atom is -0.308 e. The zero-order valence-corrected chi connectivity index (χ0v) is 22.5. The van der Waals surface area contributed by atoms with Gasteiger partial charge in [0.15, 0.2) is 5.13 Å². The molecule has 0 saturated carbocycles. The fourth-order valence-corrected chi connectivity index (χ4v) is 5.92. The van der Waals surface area contributed by atoms with Crippen molar-refractivity contribution in [1.29, 1.82) is 0 Å². The topological polar surface area (TPSA) is 73.8 Å². The van der Waals surface area contributed by atoms with E-state index in [-0.39, 0.29) is 10.8 Å². The smallest absolute Gasteiger partial charge is 0.260 e. The summed E-state index contributed by atoms with van der Waals surface area (Å²) in [5.74, 6) is -0.196. The summed E-state index contributed by atoms with van der Waals surface area (Å²) < 4.78 is 28.1. The van der Waals surface area contributed by atoms with Crippen LogP contribution in [-0.4, -0.2) is 69.3 Å². The molecule has 0 bridgehead atoms. The molecule has 34 heavy (non-hydrogen) atoms. The molecule has 1 amide bonds. The van der Waals surface area contributed by atoms with Gasteiger partial charge in [-0.15, -0.1) is 0 Å². The molecular formula is C25H34N4O3S2. The number of carbonyl (C=O) groups is 1. The highest BCUT2D eigenvalue weighted by atomic mass is 32.2. The molecule has 0 aliphatic carbocycles. The van der Waals surface area contributed by atoms with E-state index < -0.39 is 10.0 Å². The van der Waals surface area contributed by atoms with E-state index in [0.717, 1.165) is 34.2 Å². The van der Waals surface area contributed by atoms with E-state index in [1.54, 1.807) is 24.1 Å². The maximum atomic E-state index is 13.5. The number of aryl methyl sites for hydroxylation is 2. The number of sulfonamides is 1. The highest BCUT2D eigenvalue weighted by Gasteiger charge is 2.24. The van der Waals surface area contributed by atoms with Crippen molar-refractivity contribution < 1.29 is 13.2 Å². The number of amides is 1. The first kappa shape index (κ1) is 26.3. The summed E-state index contributed by atoms with van der Waals surface area (Å²) in [5, 5.41) is 0.645. The molecule has 0 aliphatic heterocycles. The predicted octanol–water partition coefficient (Wildman–Crippen LogP) is 4.54. The van der Waals surface area contributed by atoms with E-state index in [1.807, 2.05) is 38.9 Å². The number of nitrogens with zero attached hydrogens (tertiary/aromatic N) is 4. The molecule has 9 heteroatoms. The lowest BCUT2D eigenvalue weighted by Gasteiger charge is -2.22. The second kappa shape index (κ2) is 10.9. The molecule has 1 heterocycles. The van der Waals surface area contributed by atoms with Gasteiger partial charge in [-0.3, -0.25) is 9.69 Å². The summed E-state index contributed by atoms with van der Waals surface area (Å²) in [6.07, 6.45) is 1.72. The monoisotopic (exact) mass is 502 g/mol. The lowest BCUT2D eigenvalue weighted by Crippen LogP contribution is -2.36. The van der Waals surface area contributed by atoms with Gasteiger partial charge in [-0.1, -0.05) is 30.7 Å². The van der Waals surface area contributed by atoms with Crippen LogP contribution in [0, 0.1) is 13.8 Å². The molecule has 184 valence electrons. The van der Waals surface area contributed by atoms with Crippen LogP contribution in [0.1, 0.15) is 41.3 Å². The van der Waals surface area contributed by atoms with Crippen LogP contribution in [0.3, 0.4) is 0 Å². The molecule has 1 aromatic heterocycles. The van der Waals surface area contributed by atoms with Crippen molar-refractivity contribution in [3.8, 4) is 0 Å². The first-order valence-electron chi connectivity index (χ1n) is 11.5. The van der Waals surface area contributed by atoms with Gasteiger partial charge in [0.2, 0.25) is 10.0 Å². The van der Waals surface area contributed by atoms with Crippen LogP contribution in [0.5, 0.6) is 0 Å². The number of thiazole rings is 1. The van der Waals surface area contributed by atoms with Crippen LogP contribution in [-0.2, 0) is 10.0 Å². The van der Waals surface area contributed by atoms with Gasteiger partial charge in [0, 0.05) is 32.2 Å². The largest absolute Gasteiger partial charge is 0.308 e. The maximum absolute atomic E-state index is 13.5. The molecule has 0 fully saturated rings. The Kier molecular flexibility index (Phi) is 8.46. The Bertz CT molecular complexity index is 1250. The Morgan fingerprint density at radius 1 is 1.00 bits per heavy atom. The highest BCUT2D eigenvalue weighted by molar-refractivity contribution is 7.89. The first-order chi connectivity index (χ1) is 16.0. The minimum atomic E-state index is -3.58.